The van der Waals surface area contributed by atoms with Gasteiger partial charge in [-0.2, -0.15) is 0 Å². The van der Waals surface area contributed by atoms with Crippen molar-refractivity contribution in [2.75, 3.05) is 49.6 Å². The summed E-state index contributed by atoms with van der Waals surface area (Å²) in [4.78, 5) is 31.1. The fraction of sp³-hybridized carbons (Fsp3) is 0.429. The van der Waals surface area contributed by atoms with Gasteiger partial charge in [0.15, 0.2) is 5.82 Å². The number of nitrogens with zero attached hydrogens (tertiary/aromatic N) is 5. The Bertz CT molecular complexity index is 1200. The Morgan fingerprint density at radius 1 is 1.16 bits per heavy atom. The van der Waals surface area contributed by atoms with E-state index in [4.69, 9.17) is 14.7 Å². The van der Waals surface area contributed by atoms with Crippen LogP contribution in [-0.2, 0) is 24.1 Å². The van der Waals surface area contributed by atoms with Gasteiger partial charge < -0.3 is 20.3 Å². The van der Waals surface area contributed by atoms with Crippen molar-refractivity contribution in [1.29, 1.82) is 0 Å². The van der Waals surface area contributed by atoms with Crippen LogP contribution in [0.5, 0.6) is 0 Å². The average molecular weight is 502 g/mol. The number of amides is 2. The third-order valence-electron chi connectivity index (χ3n) is 6.94. The van der Waals surface area contributed by atoms with Crippen LogP contribution in [0.3, 0.4) is 0 Å². The topological polar surface area (TPSA) is 95.5 Å². The van der Waals surface area contributed by atoms with E-state index in [9.17, 15) is 4.79 Å². The number of nitrogens with one attached hydrogen (secondary N) is 2. The van der Waals surface area contributed by atoms with Crippen LogP contribution >= 0.6 is 0 Å². The van der Waals surface area contributed by atoms with Gasteiger partial charge in [0.2, 0.25) is 0 Å². The van der Waals surface area contributed by atoms with Crippen LogP contribution in [0.25, 0.3) is 11.4 Å². The summed E-state index contributed by atoms with van der Waals surface area (Å²) < 4.78 is 5.71. The number of benzene rings is 1. The molecule has 194 valence electrons. The highest BCUT2D eigenvalue weighted by Crippen LogP contribution is 2.31. The smallest absolute Gasteiger partial charge is 0.319 e. The molecule has 3 aromatic rings. The van der Waals surface area contributed by atoms with Gasteiger partial charge in [0.05, 0.1) is 24.9 Å². The molecule has 2 amide bonds. The summed E-state index contributed by atoms with van der Waals surface area (Å²) in [6.45, 7) is 9.64. The maximum absolute atomic E-state index is 11.9. The summed E-state index contributed by atoms with van der Waals surface area (Å²) in [5.74, 6) is 1.75. The van der Waals surface area contributed by atoms with E-state index in [1.165, 1.54) is 11.1 Å². The third-order valence-corrected chi connectivity index (χ3v) is 6.94. The number of hydrogen-bond acceptors (Lipinski definition) is 7. The van der Waals surface area contributed by atoms with Gasteiger partial charge in [0.25, 0.3) is 0 Å². The molecular formula is C28H35N7O2. The number of anilines is 2. The first-order chi connectivity index (χ1) is 18.1. The zero-order valence-corrected chi connectivity index (χ0v) is 21.6. The van der Waals surface area contributed by atoms with Crippen LogP contribution in [0.1, 0.15) is 30.7 Å². The van der Waals surface area contributed by atoms with Crippen LogP contribution in [0.4, 0.5) is 16.3 Å². The molecule has 1 saturated heterocycles. The monoisotopic (exact) mass is 501 g/mol. The van der Waals surface area contributed by atoms with E-state index < -0.39 is 0 Å². The summed E-state index contributed by atoms with van der Waals surface area (Å²) in [5, 5.41) is 5.60. The Hall–Kier alpha value is -3.56. The molecule has 2 aliphatic rings. The van der Waals surface area contributed by atoms with E-state index in [2.05, 4.69) is 38.4 Å². The molecule has 9 nitrogen and oxygen atoms in total. The largest absolute Gasteiger partial charge is 0.377 e. The molecule has 2 aliphatic heterocycles. The van der Waals surface area contributed by atoms with Crippen LogP contribution in [0.2, 0.25) is 0 Å². The summed E-state index contributed by atoms with van der Waals surface area (Å²) in [5.41, 5.74) is 5.27. The first-order valence-corrected chi connectivity index (χ1v) is 13.1. The van der Waals surface area contributed by atoms with Crippen molar-refractivity contribution >= 4 is 17.5 Å². The van der Waals surface area contributed by atoms with Crippen molar-refractivity contribution < 1.29 is 9.53 Å². The van der Waals surface area contributed by atoms with E-state index in [1.54, 1.807) is 0 Å². The van der Waals surface area contributed by atoms with E-state index in [0.717, 1.165) is 61.8 Å². The highest BCUT2D eigenvalue weighted by molar-refractivity contribution is 5.89. The van der Waals surface area contributed by atoms with Gasteiger partial charge in [-0.1, -0.05) is 6.07 Å². The molecule has 0 radical (unpaired) electrons. The molecular weight excluding hydrogens is 466 g/mol. The summed E-state index contributed by atoms with van der Waals surface area (Å²) in [7, 11) is 0. The molecule has 2 N–H and O–H groups in total. The number of pyridine rings is 1. The molecule has 2 aromatic heterocycles. The molecule has 0 spiro atoms. The molecule has 0 aliphatic carbocycles. The Morgan fingerprint density at radius 3 is 2.78 bits per heavy atom. The fourth-order valence-corrected chi connectivity index (χ4v) is 4.94. The molecule has 1 atom stereocenters. The second kappa shape index (κ2) is 11.7. The first kappa shape index (κ1) is 25.1. The quantitative estimate of drug-likeness (QED) is 0.512. The SMILES string of the molecule is CCNC(=O)Nc1ccc(-c2nc3c(c(N4CCOC[C@@H]4C)n2)CCN(CCc2cccnc2)C3)cc1. The number of fused-ring (bicyclic) bond motifs is 1. The van der Waals surface area contributed by atoms with Crippen molar-refractivity contribution in [2.45, 2.75) is 39.3 Å². The minimum Gasteiger partial charge on any atom is -0.377 e. The lowest BCUT2D eigenvalue weighted by Crippen LogP contribution is -2.45. The highest BCUT2D eigenvalue weighted by atomic mass is 16.5. The maximum atomic E-state index is 11.9. The standard InChI is InChI=1S/C28H35N7O2/c1-3-30-28(36)31-23-8-6-22(7-9-23)26-32-25-18-34(13-10-21-5-4-12-29-17-21)14-11-24(25)27(33-26)35-15-16-37-19-20(35)2/h4-9,12,17,20H,3,10-11,13-16,18-19H2,1-2H3,(H2,30,31,36)/t20-/m0/s1. The Balaban J connectivity index is 1.41. The van der Waals surface area contributed by atoms with Crippen molar-refractivity contribution in [1.82, 2.24) is 25.2 Å². The minimum absolute atomic E-state index is 0.213. The van der Waals surface area contributed by atoms with Gasteiger partial charge in [-0.3, -0.25) is 9.88 Å². The average Bonchev–Trinajstić information content (AvgIpc) is 2.92. The van der Waals surface area contributed by atoms with E-state index in [-0.39, 0.29) is 12.1 Å². The maximum Gasteiger partial charge on any atom is 0.319 e. The normalized spacial score (nSPS) is 17.8. The minimum atomic E-state index is -0.213. The van der Waals surface area contributed by atoms with E-state index >= 15 is 0 Å². The molecule has 1 fully saturated rings. The van der Waals surface area contributed by atoms with Gasteiger partial charge in [-0.15, -0.1) is 0 Å². The molecule has 4 heterocycles. The number of carbonyl (C=O) groups is 1. The van der Waals surface area contributed by atoms with Gasteiger partial charge in [-0.05, 0) is 62.6 Å². The third kappa shape index (κ3) is 6.06. The van der Waals surface area contributed by atoms with Gasteiger partial charge in [0.1, 0.15) is 5.82 Å². The second-order valence-electron chi connectivity index (χ2n) is 9.61. The van der Waals surface area contributed by atoms with Crippen LogP contribution in [-0.4, -0.2) is 71.3 Å². The lowest BCUT2D eigenvalue weighted by molar-refractivity contribution is 0.0983. The molecule has 1 aromatic carbocycles. The summed E-state index contributed by atoms with van der Waals surface area (Å²) in [6, 6.07) is 11.9. The lowest BCUT2D eigenvalue weighted by Gasteiger charge is -2.37. The number of rotatable bonds is 7. The second-order valence-corrected chi connectivity index (χ2v) is 9.61. The van der Waals surface area contributed by atoms with Crippen molar-refractivity contribution in [3.63, 3.8) is 0 Å². The number of hydrogen-bond donors (Lipinski definition) is 2. The first-order valence-electron chi connectivity index (χ1n) is 13.1. The van der Waals surface area contributed by atoms with Crippen LogP contribution in [0, 0.1) is 0 Å². The zero-order valence-electron chi connectivity index (χ0n) is 21.6. The van der Waals surface area contributed by atoms with Gasteiger partial charge >= 0.3 is 6.03 Å². The Kier molecular flexibility index (Phi) is 7.91. The fourth-order valence-electron chi connectivity index (χ4n) is 4.94. The lowest BCUT2D eigenvalue weighted by atomic mass is 10.0. The van der Waals surface area contributed by atoms with Gasteiger partial charge in [-0.25, -0.2) is 14.8 Å². The van der Waals surface area contributed by atoms with Crippen LogP contribution in [0.15, 0.2) is 48.8 Å². The number of morpholine rings is 1. The Morgan fingerprint density at radius 2 is 2.03 bits per heavy atom. The molecule has 5 rings (SSSR count). The molecule has 0 saturated carbocycles. The molecule has 37 heavy (non-hydrogen) atoms. The summed E-state index contributed by atoms with van der Waals surface area (Å²) in [6.07, 6.45) is 5.66. The number of aromatic nitrogens is 3. The van der Waals surface area contributed by atoms with E-state index in [1.807, 2.05) is 49.6 Å². The Labute approximate surface area is 218 Å². The van der Waals surface area contributed by atoms with Crippen molar-refractivity contribution in [3.05, 3.63) is 65.6 Å². The predicted molar refractivity (Wildman–Crippen MR) is 145 cm³/mol. The zero-order chi connectivity index (χ0) is 25.6. The van der Waals surface area contributed by atoms with E-state index in [0.29, 0.717) is 25.6 Å². The van der Waals surface area contributed by atoms with Crippen LogP contribution < -0.4 is 15.5 Å². The number of ether oxygens (including phenoxy) is 1. The predicted octanol–water partition coefficient (Wildman–Crippen LogP) is 3.51. The molecule has 0 unspecified atom stereocenters. The number of urea groups is 1. The molecule has 0 bridgehead atoms. The highest BCUT2D eigenvalue weighted by Gasteiger charge is 2.29. The van der Waals surface area contributed by atoms with Crippen molar-refractivity contribution in [2.24, 2.45) is 0 Å². The summed E-state index contributed by atoms with van der Waals surface area (Å²) >= 11 is 0. The van der Waals surface area contributed by atoms with Crippen molar-refractivity contribution in [3.8, 4) is 11.4 Å². The molecule has 9 heteroatoms. The number of carbonyl (C=O) groups excluding carboxylic acids is 1. The van der Waals surface area contributed by atoms with Gasteiger partial charge in [0, 0.05) is 61.9 Å².